The maximum atomic E-state index is 10.8. The van der Waals surface area contributed by atoms with E-state index >= 15 is 0 Å². The topological polar surface area (TPSA) is 92.8 Å². The van der Waals surface area contributed by atoms with E-state index in [-0.39, 0.29) is 30.5 Å². The first-order valence-corrected chi connectivity index (χ1v) is 8.74. The molecule has 1 heterocycles. The lowest BCUT2D eigenvalue weighted by molar-refractivity contribution is 0.0697. The molecule has 0 spiro atoms. The third-order valence-electron chi connectivity index (χ3n) is 3.71. The van der Waals surface area contributed by atoms with E-state index in [9.17, 15) is 9.90 Å². The summed E-state index contributed by atoms with van der Waals surface area (Å²) in [5, 5.41) is 18.1. The first kappa shape index (κ1) is 22.0. The molecule has 2 aromatic rings. The molecule has 0 fully saturated rings. The Kier molecular flexibility index (Phi) is 9.17. The number of carboxylic acids is 1. The molecular weight excluding hydrogens is 374 g/mol. The molecule has 1 unspecified atom stereocenters. The van der Waals surface area contributed by atoms with Gasteiger partial charge in [0.25, 0.3) is 0 Å². The van der Waals surface area contributed by atoms with Crippen LogP contribution in [0.4, 0.5) is 0 Å². The molecule has 0 radical (unpaired) electrons. The minimum atomic E-state index is -0.963. The summed E-state index contributed by atoms with van der Waals surface area (Å²) in [6, 6.07) is 10.2. The standard InChI is InChI=1S/C19H21NO4S.ClH/c1-13(18(20)21)4-9-17-11-10-16(25-17)3-2-12-24-15-7-5-14(6-8-15)19(22)23;/h5-8,10-11,13,18,21H,4,9,12,20H2,1H3,(H,22,23);1H/t13-,18?;/m1./s1. The second-order valence-electron chi connectivity index (χ2n) is 5.69. The van der Waals surface area contributed by atoms with Gasteiger partial charge >= 0.3 is 5.97 Å². The first-order chi connectivity index (χ1) is 12.0. The summed E-state index contributed by atoms with van der Waals surface area (Å²) in [5.41, 5.74) is 5.67. The Hall–Kier alpha value is -2.04. The highest BCUT2D eigenvalue weighted by Crippen LogP contribution is 2.19. The molecule has 2 rings (SSSR count). The van der Waals surface area contributed by atoms with E-state index in [2.05, 4.69) is 11.8 Å². The number of aliphatic hydroxyl groups is 1. The van der Waals surface area contributed by atoms with Crippen LogP contribution in [0.5, 0.6) is 5.75 Å². The van der Waals surface area contributed by atoms with Crippen LogP contribution in [0.15, 0.2) is 36.4 Å². The summed E-state index contributed by atoms with van der Waals surface area (Å²) >= 11 is 1.62. The molecule has 0 amide bonds. The minimum absolute atomic E-state index is 0. The molecule has 26 heavy (non-hydrogen) atoms. The Bertz CT molecular complexity index is 762. The molecule has 0 saturated heterocycles. The third-order valence-corrected chi connectivity index (χ3v) is 4.78. The van der Waals surface area contributed by atoms with E-state index in [4.69, 9.17) is 15.6 Å². The number of hydrogen-bond donors (Lipinski definition) is 3. The average Bonchev–Trinajstić information content (AvgIpc) is 3.04. The van der Waals surface area contributed by atoms with Crippen molar-refractivity contribution < 1.29 is 19.7 Å². The highest BCUT2D eigenvalue weighted by atomic mass is 35.5. The molecule has 0 bridgehead atoms. The number of rotatable bonds is 7. The number of ether oxygens (including phenoxy) is 1. The van der Waals surface area contributed by atoms with E-state index in [1.54, 1.807) is 23.5 Å². The van der Waals surface area contributed by atoms with E-state index in [1.807, 2.05) is 19.1 Å². The number of nitrogens with two attached hydrogens (primary N) is 1. The number of benzene rings is 1. The Morgan fingerprint density at radius 2 is 1.96 bits per heavy atom. The number of carbonyl (C=O) groups is 1. The molecule has 1 aromatic carbocycles. The monoisotopic (exact) mass is 395 g/mol. The van der Waals surface area contributed by atoms with Crippen LogP contribution in [0.1, 0.15) is 33.5 Å². The minimum Gasteiger partial charge on any atom is -0.481 e. The summed E-state index contributed by atoms with van der Waals surface area (Å²) < 4.78 is 5.47. The van der Waals surface area contributed by atoms with Crippen LogP contribution in [0.25, 0.3) is 0 Å². The van der Waals surface area contributed by atoms with E-state index in [0.29, 0.717) is 5.75 Å². The third kappa shape index (κ3) is 7.06. The number of aliphatic hydroxyl groups excluding tert-OH is 1. The van der Waals surface area contributed by atoms with Gasteiger partial charge in [0.15, 0.2) is 0 Å². The van der Waals surface area contributed by atoms with E-state index < -0.39 is 12.2 Å². The van der Waals surface area contributed by atoms with E-state index in [0.717, 1.165) is 17.7 Å². The van der Waals surface area contributed by atoms with Gasteiger partial charge in [0, 0.05) is 4.88 Å². The number of aryl methyl sites for hydroxylation is 1. The zero-order chi connectivity index (χ0) is 18.2. The maximum absolute atomic E-state index is 10.8. The number of hydrogen-bond acceptors (Lipinski definition) is 5. The second kappa shape index (κ2) is 10.8. The fraction of sp³-hybridized carbons (Fsp3) is 0.316. The SMILES string of the molecule is C[C@H](CCc1ccc(C#CCOc2ccc(C(=O)O)cc2)s1)C(N)O.Cl. The highest BCUT2D eigenvalue weighted by Gasteiger charge is 2.09. The Morgan fingerprint density at radius 3 is 2.58 bits per heavy atom. The van der Waals surface area contributed by atoms with Crippen LogP contribution in [-0.2, 0) is 6.42 Å². The summed E-state index contributed by atoms with van der Waals surface area (Å²) in [4.78, 5) is 12.9. The molecule has 0 aliphatic carbocycles. The molecule has 140 valence electrons. The van der Waals surface area contributed by atoms with Crippen molar-refractivity contribution >= 4 is 29.7 Å². The molecule has 1 aromatic heterocycles. The van der Waals surface area contributed by atoms with E-state index in [1.165, 1.54) is 17.0 Å². The average molecular weight is 396 g/mol. The van der Waals surface area contributed by atoms with Gasteiger partial charge in [-0.2, -0.15) is 0 Å². The fourth-order valence-corrected chi connectivity index (χ4v) is 2.95. The predicted octanol–water partition coefficient (Wildman–Crippen LogP) is 3.14. The van der Waals surface area contributed by atoms with Crippen LogP contribution in [0.3, 0.4) is 0 Å². The van der Waals surface area contributed by atoms with Crippen LogP contribution < -0.4 is 10.5 Å². The summed E-state index contributed by atoms with van der Waals surface area (Å²) in [6.07, 6.45) is 0.926. The molecule has 7 heteroatoms. The Morgan fingerprint density at radius 1 is 1.27 bits per heavy atom. The number of thiophene rings is 1. The summed E-state index contributed by atoms with van der Waals surface area (Å²) in [5.74, 6) is 5.68. The summed E-state index contributed by atoms with van der Waals surface area (Å²) in [6.45, 7) is 2.16. The van der Waals surface area contributed by atoms with Crippen molar-refractivity contribution in [2.24, 2.45) is 11.7 Å². The summed E-state index contributed by atoms with van der Waals surface area (Å²) in [7, 11) is 0. The molecule has 0 saturated carbocycles. The number of carboxylic acid groups (broad SMARTS) is 1. The van der Waals surface area contributed by atoms with Crippen molar-refractivity contribution in [1.29, 1.82) is 0 Å². The van der Waals surface area contributed by atoms with Gasteiger partial charge in [-0.15, -0.1) is 23.7 Å². The van der Waals surface area contributed by atoms with Crippen molar-refractivity contribution in [3.63, 3.8) is 0 Å². The van der Waals surface area contributed by atoms with Crippen LogP contribution in [0.2, 0.25) is 0 Å². The van der Waals surface area contributed by atoms with Crippen molar-refractivity contribution in [2.45, 2.75) is 26.0 Å². The van der Waals surface area contributed by atoms with Crippen LogP contribution in [0, 0.1) is 17.8 Å². The molecule has 2 atom stereocenters. The van der Waals surface area contributed by atoms with Gasteiger partial charge in [-0.05, 0) is 55.2 Å². The van der Waals surface area contributed by atoms with Crippen molar-refractivity contribution in [2.75, 3.05) is 6.61 Å². The predicted molar refractivity (Wildman–Crippen MR) is 105 cm³/mol. The van der Waals surface area contributed by atoms with Crippen molar-refractivity contribution in [3.8, 4) is 17.6 Å². The van der Waals surface area contributed by atoms with Crippen molar-refractivity contribution in [1.82, 2.24) is 0 Å². The van der Waals surface area contributed by atoms with Gasteiger partial charge in [-0.25, -0.2) is 4.79 Å². The van der Waals surface area contributed by atoms with Gasteiger partial charge in [0.1, 0.15) is 18.6 Å². The van der Waals surface area contributed by atoms with Gasteiger partial charge in [-0.1, -0.05) is 18.8 Å². The maximum Gasteiger partial charge on any atom is 0.335 e. The van der Waals surface area contributed by atoms with Crippen LogP contribution in [-0.4, -0.2) is 29.0 Å². The van der Waals surface area contributed by atoms with Gasteiger partial charge < -0.3 is 20.7 Å². The van der Waals surface area contributed by atoms with Crippen molar-refractivity contribution in [3.05, 3.63) is 51.7 Å². The van der Waals surface area contributed by atoms with Gasteiger partial charge in [0.05, 0.1) is 10.4 Å². The lowest BCUT2D eigenvalue weighted by Gasteiger charge is -2.12. The first-order valence-electron chi connectivity index (χ1n) is 7.93. The zero-order valence-corrected chi connectivity index (χ0v) is 16.0. The normalized spacial score (nSPS) is 12.3. The lowest BCUT2D eigenvalue weighted by atomic mass is 10.0. The largest absolute Gasteiger partial charge is 0.481 e. The molecule has 5 nitrogen and oxygen atoms in total. The molecule has 0 aliphatic rings. The smallest absolute Gasteiger partial charge is 0.335 e. The number of aromatic carboxylic acids is 1. The Balaban J connectivity index is 0.00000338. The molecule has 4 N–H and O–H groups in total. The molecular formula is C19H22ClNO4S. The van der Waals surface area contributed by atoms with Gasteiger partial charge in [-0.3, -0.25) is 0 Å². The quantitative estimate of drug-likeness (QED) is 0.494. The van der Waals surface area contributed by atoms with Crippen LogP contribution >= 0.6 is 23.7 Å². The molecule has 0 aliphatic heterocycles. The zero-order valence-electron chi connectivity index (χ0n) is 14.3. The number of halogens is 1. The lowest BCUT2D eigenvalue weighted by Crippen LogP contribution is -2.27. The Labute approximate surface area is 163 Å². The fourth-order valence-electron chi connectivity index (χ4n) is 2.06. The van der Waals surface area contributed by atoms with Gasteiger partial charge in [0.2, 0.25) is 0 Å². The highest BCUT2D eigenvalue weighted by molar-refractivity contribution is 7.12. The second-order valence-corrected chi connectivity index (χ2v) is 6.86.